The number of anilines is 1. The van der Waals surface area contributed by atoms with Gasteiger partial charge in [-0.25, -0.2) is 5.43 Å². The molecule has 0 aliphatic carbocycles. The Hall–Kier alpha value is -2.24. The van der Waals surface area contributed by atoms with E-state index in [4.69, 9.17) is 0 Å². The second-order valence-electron chi connectivity index (χ2n) is 3.28. The maximum atomic E-state index is 11.7. The molecule has 1 aliphatic rings. The molecule has 0 spiro atoms. The number of carbonyl (C=O) groups excluding carboxylic acids is 2. The predicted molar refractivity (Wildman–Crippen MR) is 57.7 cm³/mol. The van der Waals surface area contributed by atoms with Gasteiger partial charge in [-0.2, -0.15) is 5.10 Å². The normalized spacial score (nSPS) is 15.0. The van der Waals surface area contributed by atoms with Gasteiger partial charge in [0.15, 0.2) is 0 Å². The van der Waals surface area contributed by atoms with Crippen LogP contribution in [-0.2, 0) is 9.59 Å². The van der Waals surface area contributed by atoms with E-state index in [1.54, 1.807) is 24.5 Å². The first-order valence-electron chi connectivity index (χ1n) is 4.82. The summed E-state index contributed by atoms with van der Waals surface area (Å²) < 4.78 is 0. The van der Waals surface area contributed by atoms with Crippen molar-refractivity contribution < 1.29 is 9.59 Å². The number of hydrogen-bond acceptors (Lipinski definition) is 4. The molecule has 0 bridgehead atoms. The lowest BCUT2D eigenvalue weighted by Gasteiger charge is -2.11. The Kier molecular flexibility index (Phi) is 2.90. The van der Waals surface area contributed by atoms with E-state index in [1.807, 2.05) is 0 Å². The minimum absolute atomic E-state index is 0.166. The van der Waals surface area contributed by atoms with Crippen LogP contribution in [0.5, 0.6) is 0 Å². The van der Waals surface area contributed by atoms with Crippen LogP contribution in [0.3, 0.4) is 0 Å². The van der Waals surface area contributed by atoms with Crippen LogP contribution in [0.25, 0.3) is 0 Å². The second-order valence-corrected chi connectivity index (χ2v) is 3.28. The van der Waals surface area contributed by atoms with E-state index in [0.717, 1.165) is 0 Å². The second kappa shape index (κ2) is 4.52. The number of nitrogens with zero attached hydrogens (tertiary/aromatic N) is 2. The molecule has 0 radical (unpaired) electrons. The summed E-state index contributed by atoms with van der Waals surface area (Å²) in [7, 11) is 0. The van der Waals surface area contributed by atoms with E-state index in [1.165, 1.54) is 0 Å². The largest absolute Gasteiger partial charge is 0.321 e. The van der Waals surface area contributed by atoms with E-state index in [9.17, 15) is 9.59 Å². The van der Waals surface area contributed by atoms with Crippen molar-refractivity contribution in [3.63, 3.8) is 0 Å². The summed E-state index contributed by atoms with van der Waals surface area (Å²) in [5, 5.41) is 6.36. The summed E-state index contributed by atoms with van der Waals surface area (Å²) in [6.07, 6.45) is 3.82. The molecule has 1 aromatic rings. The molecule has 82 valence electrons. The van der Waals surface area contributed by atoms with Crippen LogP contribution in [0.2, 0.25) is 0 Å². The van der Waals surface area contributed by atoms with Crippen LogP contribution in [0.1, 0.15) is 12.8 Å². The summed E-state index contributed by atoms with van der Waals surface area (Å²) in [4.78, 5) is 26.3. The van der Waals surface area contributed by atoms with Gasteiger partial charge < -0.3 is 5.32 Å². The highest BCUT2D eigenvalue weighted by molar-refractivity contribution is 6.43. The highest BCUT2D eigenvalue weighted by Gasteiger charge is 2.17. The molecule has 0 saturated carbocycles. The van der Waals surface area contributed by atoms with E-state index in [-0.39, 0.29) is 11.8 Å². The molecule has 2 N–H and O–H groups in total. The predicted octanol–water partition coefficient (Wildman–Crippen LogP) is 0.286. The Morgan fingerprint density at radius 1 is 1.31 bits per heavy atom. The SMILES string of the molecule is O=C1CCC(C(=O)Nc2ccncc2)=NN1. The van der Waals surface area contributed by atoms with Gasteiger partial charge in [-0.05, 0) is 12.1 Å². The highest BCUT2D eigenvalue weighted by atomic mass is 16.2. The Labute approximate surface area is 91.8 Å². The molecule has 2 heterocycles. The van der Waals surface area contributed by atoms with Crippen molar-refractivity contribution in [3.8, 4) is 0 Å². The average molecular weight is 218 g/mol. The first kappa shape index (κ1) is 10.3. The number of amides is 2. The first-order valence-corrected chi connectivity index (χ1v) is 4.82. The van der Waals surface area contributed by atoms with Crippen molar-refractivity contribution in [1.82, 2.24) is 10.4 Å². The molecule has 6 nitrogen and oxygen atoms in total. The average Bonchev–Trinajstić information content (AvgIpc) is 2.31. The molecule has 2 rings (SSSR count). The number of carbonyl (C=O) groups is 2. The minimum atomic E-state index is -0.300. The fourth-order valence-electron chi connectivity index (χ4n) is 1.28. The molecule has 0 atom stereocenters. The molecule has 1 aliphatic heterocycles. The standard InChI is InChI=1S/C10H10N4O2/c15-9-2-1-8(13-14-9)10(16)12-7-3-5-11-6-4-7/h3-6H,1-2H2,(H,14,15)(H,11,12,16). The van der Waals surface area contributed by atoms with E-state index >= 15 is 0 Å². The summed E-state index contributed by atoms with van der Waals surface area (Å²) >= 11 is 0. The first-order chi connectivity index (χ1) is 7.75. The third-order valence-corrected chi connectivity index (χ3v) is 2.10. The van der Waals surface area contributed by atoms with Crippen LogP contribution < -0.4 is 10.7 Å². The molecular formula is C10H10N4O2. The fraction of sp³-hybridized carbons (Fsp3) is 0.200. The van der Waals surface area contributed by atoms with Crippen LogP contribution >= 0.6 is 0 Å². The Balaban J connectivity index is 2.01. The van der Waals surface area contributed by atoms with Gasteiger partial charge in [0.1, 0.15) is 5.71 Å². The molecule has 0 fully saturated rings. The number of rotatable bonds is 2. The zero-order chi connectivity index (χ0) is 11.4. The number of hydrazone groups is 1. The lowest BCUT2D eigenvalue weighted by atomic mass is 10.1. The molecule has 0 unspecified atom stereocenters. The summed E-state index contributed by atoms with van der Waals surface area (Å²) in [6.45, 7) is 0. The lowest BCUT2D eigenvalue weighted by Crippen LogP contribution is -2.32. The minimum Gasteiger partial charge on any atom is -0.321 e. The van der Waals surface area contributed by atoms with Crippen molar-refractivity contribution >= 4 is 23.2 Å². The monoisotopic (exact) mass is 218 g/mol. The lowest BCUT2D eigenvalue weighted by molar-refractivity contribution is -0.121. The van der Waals surface area contributed by atoms with Crippen molar-refractivity contribution in [3.05, 3.63) is 24.5 Å². The smallest absolute Gasteiger partial charge is 0.271 e. The Morgan fingerprint density at radius 3 is 2.69 bits per heavy atom. The van der Waals surface area contributed by atoms with Crippen molar-refractivity contribution in [2.45, 2.75) is 12.8 Å². The Bertz CT molecular complexity index is 441. The highest BCUT2D eigenvalue weighted by Crippen LogP contribution is 2.06. The van der Waals surface area contributed by atoms with Gasteiger partial charge in [-0.3, -0.25) is 14.6 Å². The molecule has 6 heteroatoms. The van der Waals surface area contributed by atoms with Crippen molar-refractivity contribution in [1.29, 1.82) is 0 Å². The van der Waals surface area contributed by atoms with Crippen LogP contribution in [0, 0.1) is 0 Å². The Morgan fingerprint density at radius 2 is 2.06 bits per heavy atom. The van der Waals surface area contributed by atoms with Gasteiger partial charge in [0.25, 0.3) is 5.91 Å². The van der Waals surface area contributed by atoms with E-state index in [0.29, 0.717) is 24.2 Å². The van der Waals surface area contributed by atoms with Gasteiger partial charge in [-0.1, -0.05) is 0 Å². The van der Waals surface area contributed by atoms with Gasteiger partial charge in [0.2, 0.25) is 5.91 Å². The summed E-state index contributed by atoms with van der Waals surface area (Å²) in [5.74, 6) is -0.466. The zero-order valence-corrected chi connectivity index (χ0v) is 8.43. The summed E-state index contributed by atoms with van der Waals surface area (Å²) in [6, 6.07) is 3.36. The topological polar surface area (TPSA) is 83.5 Å². The quantitative estimate of drug-likeness (QED) is 0.748. The van der Waals surface area contributed by atoms with E-state index in [2.05, 4.69) is 20.8 Å². The van der Waals surface area contributed by atoms with Crippen LogP contribution in [0.15, 0.2) is 29.6 Å². The molecule has 16 heavy (non-hydrogen) atoms. The van der Waals surface area contributed by atoms with Gasteiger partial charge in [0, 0.05) is 30.9 Å². The molecule has 2 amide bonds. The van der Waals surface area contributed by atoms with Crippen LogP contribution in [-0.4, -0.2) is 22.5 Å². The number of nitrogens with one attached hydrogen (secondary N) is 2. The van der Waals surface area contributed by atoms with Crippen LogP contribution in [0.4, 0.5) is 5.69 Å². The zero-order valence-electron chi connectivity index (χ0n) is 8.43. The van der Waals surface area contributed by atoms with Gasteiger partial charge in [0.05, 0.1) is 0 Å². The number of hydrogen-bond donors (Lipinski definition) is 2. The molecular weight excluding hydrogens is 208 g/mol. The molecule has 1 aromatic heterocycles. The third-order valence-electron chi connectivity index (χ3n) is 2.10. The van der Waals surface area contributed by atoms with E-state index < -0.39 is 0 Å². The molecule has 0 aromatic carbocycles. The molecule has 0 saturated heterocycles. The maximum Gasteiger partial charge on any atom is 0.271 e. The van der Waals surface area contributed by atoms with Gasteiger partial charge >= 0.3 is 0 Å². The van der Waals surface area contributed by atoms with Gasteiger partial charge in [-0.15, -0.1) is 0 Å². The summed E-state index contributed by atoms with van der Waals surface area (Å²) in [5.41, 5.74) is 3.26. The van der Waals surface area contributed by atoms with Crippen molar-refractivity contribution in [2.24, 2.45) is 5.10 Å². The maximum absolute atomic E-state index is 11.7. The fourth-order valence-corrected chi connectivity index (χ4v) is 1.28. The van der Waals surface area contributed by atoms with Crippen molar-refractivity contribution in [2.75, 3.05) is 5.32 Å². The number of pyridine rings is 1. The third kappa shape index (κ3) is 2.41. The number of aromatic nitrogens is 1.